The quantitative estimate of drug-likeness (QED) is 0.143. The molecule has 8 N–H and O–H groups in total. The SMILES string of the molecule is Cc1ncc(COP(=O)(O)O)c(CNN[C@H](CCCCN)C(=O)O)c1O. The molecule has 1 aromatic heterocycles. The number of nitrogens with one attached hydrogen (secondary N) is 2. The van der Waals surface area contributed by atoms with E-state index in [0.29, 0.717) is 37.1 Å². The van der Waals surface area contributed by atoms with Crippen molar-refractivity contribution in [3.63, 3.8) is 0 Å². The van der Waals surface area contributed by atoms with Gasteiger partial charge >= 0.3 is 13.8 Å². The van der Waals surface area contributed by atoms with Crippen molar-refractivity contribution >= 4 is 13.8 Å². The number of aliphatic carboxylic acids is 1. The smallest absolute Gasteiger partial charge is 0.469 e. The van der Waals surface area contributed by atoms with Crippen LogP contribution < -0.4 is 16.6 Å². The lowest BCUT2D eigenvalue weighted by molar-refractivity contribution is -0.140. The fourth-order valence-electron chi connectivity index (χ4n) is 2.17. The van der Waals surface area contributed by atoms with Gasteiger partial charge in [0, 0.05) is 23.9 Å². The van der Waals surface area contributed by atoms with Crippen molar-refractivity contribution in [3.05, 3.63) is 23.0 Å². The first-order chi connectivity index (χ1) is 12.2. The van der Waals surface area contributed by atoms with Crippen LogP contribution in [0.25, 0.3) is 0 Å². The third-order valence-corrected chi connectivity index (χ3v) is 4.07. The van der Waals surface area contributed by atoms with Crippen molar-refractivity contribution < 1.29 is 33.9 Å². The first-order valence-corrected chi connectivity index (χ1v) is 9.46. The summed E-state index contributed by atoms with van der Waals surface area (Å²) >= 11 is 0. The maximum Gasteiger partial charge on any atom is 0.469 e. The number of nitrogens with two attached hydrogens (primary N) is 1. The number of carboxylic acids is 1. The summed E-state index contributed by atoms with van der Waals surface area (Å²) in [6.45, 7) is 1.58. The Morgan fingerprint density at radius 1 is 1.42 bits per heavy atom. The molecule has 0 aliphatic rings. The fourth-order valence-corrected chi connectivity index (χ4v) is 2.48. The van der Waals surface area contributed by atoms with E-state index in [0.717, 1.165) is 0 Å². The first kappa shape index (κ1) is 22.5. The number of rotatable bonds is 12. The number of aryl methyl sites for hydroxylation is 1. The van der Waals surface area contributed by atoms with Crippen LogP contribution in [-0.4, -0.2) is 43.5 Å². The van der Waals surface area contributed by atoms with Crippen molar-refractivity contribution in [2.75, 3.05) is 6.54 Å². The summed E-state index contributed by atoms with van der Waals surface area (Å²) < 4.78 is 15.3. The third-order valence-electron chi connectivity index (χ3n) is 3.60. The Kier molecular flexibility index (Phi) is 9.09. The number of hydrogen-bond donors (Lipinski definition) is 7. The van der Waals surface area contributed by atoms with Gasteiger partial charge in [0.25, 0.3) is 0 Å². The van der Waals surface area contributed by atoms with Gasteiger partial charge in [0.05, 0.1) is 12.3 Å². The van der Waals surface area contributed by atoms with Crippen LogP contribution >= 0.6 is 7.82 Å². The Morgan fingerprint density at radius 2 is 2.12 bits per heavy atom. The van der Waals surface area contributed by atoms with E-state index >= 15 is 0 Å². The highest BCUT2D eigenvalue weighted by atomic mass is 31.2. The van der Waals surface area contributed by atoms with Gasteiger partial charge < -0.3 is 25.7 Å². The lowest BCUT2D eigenvalue weighted by Gasteiger charge is -2.18. The molecule has 11 nitrogen and oxygen atoms in total. The summed E-state index contributed by atoms with van der Waals surface area (Å²) in [4.78, 5) is 32.8. The molecule has 1 heterocycles. The molecule has 148 valence electrons. The molecule has 0 bridgehead atoms. The van der Waals surface area contributed by atoms with Gasteiger partial charge in [0.1, 0.15) is 11.8 Å². The van der Waals surface area contributed by atoms with E-state index in [1.807, 2.05) is 0 Å². The van der Waals surface area contributed by atoms with Gasteiger partial charge in [0.15, 0.2) is 0 Å². The minimum Gasteiger partial charge on any atom is -0.506 e. The molecule has 0 fully saturated rings. The minimum atomic E-state index is -4.68. The van der Waals surface area contributed by atoms with Crippen molar-refractivity contribution in [3.8, 4) is 5.75 Å². The normalized spacial score (nSPS) is 12.9. The fraction of sp³-hybridized carbons (Fsp3) is 0.571. The number of carboxylic acid groups (broad SMARTS) is 1. The van der Waals surface area contributed by atoms with Crippen molar-refractivity contribution in [1.29, 1.82) is 0 Å². The second-order valence-electron chi connectivity index (χ2n) is 5.63. The lowest BCUT2D eigenvalue weighted by atomic mass is 10.1. The Morgan fingerprint density at radius 3 is 2.69 bits per heavy atom. The number of carbonyl (C=O) groups is 1. The molecule has 0 spiro atoms. The highest BCUT2D eigenvalue weighted by Crippen LogP contribution is 2.38. The Hall–Kier alpha value is -1.59. The Labute approximate surface area is 150 Å². The van der Waals surface area contributed by atoms with Crippen molar-refractivity contribution in [2.24, 2.45) is 5.73 Å². The van der Waals surface area contributed by atoms with Crippen LogP contribution in [0.2, 0.25) is 0 Å². The van der Waals surface area contributed by atoms with Crippen molar-refractivity contribution in [2.45, 2.75) is 45.4 Å². The maximum atomic E-state index is 11.2. The van der Waals surface area contributed by atoms with Crippen LogP contribution in [0.3, 0.4) is 0 Å². The van der Waals surface area contributed by atoms with Gasteiger partial charge in [-0.3, -0.25) is 19.7 Å². The molecule has 0 aromatic carbocycles. The molecule has 26 heavy (non-hydrogen) atoms. The van der Waals surface area contributed by atoms with E-state index in [2.05, 4.69) is 20.4 Å². The van der Waals surface area contributed by atoms with Gasteiger partial charge in [-0.2, -0.15) is 0 Å². The van der Waals surface area contributed by atoms with E-state index in [1.54, 1.807) is 6.92 Å². The predicted octanol–water partition coefficient (Wildman–Crippen LogP) is -0.119. The number of pyridine rings is 1. The number of aromatic hydroxyl groups is 1. The predicted molar refractivity (Wildman–Crippen MR) is 91.8 cm³/mol. The van der Waals surface area contributed by atoms with Crippen LogP contribution in [0.15, 0.2) is 6.20 Å². The molecule has 0 amide bonds. The van der Waals surface area contributed by atoms with Crippen molar-refractivity contribution in [1.82, 2.24) is 15.8 Å². The first-order valence-electron chi connectivity index (χ1n) is 7.93. The van der Waals surface area contributed by atoms with Crippen LogP contribution in [0, 0.1) is 6.92 Å². The minimum absolute atomic E-state index is 0.00425. The molecular weight excluding hydrogens is 367 g/mol. The van der Waals surface area contributed by atoms with Gasteiger partial charge in [-0.05, 0) is 32.7 Å². The summed E-state index contributed by atoms with van der Waals surface area (Å²) in [6, 6.07) is -0.846. The average Bonchev–Trinajstić information content (AvgIpc) is 2.55. The number of aromatic nitrogens is 1. The zero-order valence-corrected chi connectivity index (χ0v) is 15.3. The van der Waals surface area contributed by atoms with Crippen LogP contribution in [-0.2, 0) is 27.0 Å². The van der Waals surface area contributed by atoms with Crippen LogP contribution in [0.5, 0.6) is 5.75 Å². The molecule has 0 saturated heterocycles. The molecular formula is C14H25N4O7P. The maximum absolute atomic E-state index is 11.2. The molecule has 0 unspecified atom stereocenters. The molecule has 1 rings (SSSR count). The molecule has 0 saturated carbocycles. The van der Waals surface area contributed by atoms with Gasteiger partial charge in [0.2, 0.25) is 0 Å². The molecule has 0 radical (unpaired) electrons. The van der Waals surface area contributed by atoms with E-state index in [4.69, 9.17) is 15.5 Å². The molecule has 0 aliphatic heterocycles. The number of hydrazine groups is 1. The zero-order valence-electron chi connectivity index (χ0n) is 14.4. The highest BCUT2D eigenvalue weighted by molar-refractivity contribution is 7.46. The molecule has 0 aliphatic carbocycles. The van der Waals surface area contributed by atoms with E-state index in [1.165, 1.54) is 6.20 Å². The zero-order chi connectivity index (χ0) is 19.7. The van der Waals surface area contributed by atoms with Gasteiger partial charge in [-0.15, -0.1) is 0 Å². The summed E-state index contributed by atoms with van der Waals surface area (Å²) in [5.41, 5.74) is 11.6. The summed E-state index contributed by atoms with van der Waals surface area (Å²) in [6.07, 6.45) is 3.05. The van der Waals surface area contributed by atoms with E-state index in [-0.39, 0.29) is 17.9 Å². The highest BCUT2D eigenvalue weighted by Gasteiger charge is 2.19. The van der Waals surface area contributed by atoms with E-state index < -0.39 is 26.4 Å². The number of phosphoric ester groups is 1. The van der Waals surface area contributed by atoms with E-state index in [9.17, 15) is 19.6 Å². The third kappa shape index (κ3) is 7.75. The monoisotopic (exact) mass is 392 g/mol. The number of phosphoric acid groups is 1. The molecule has 1 aromatic rings. The Bertz CT molecular complexity index is 652. The number of unbranched alkanes of at least 4 members (excludes halogenated alkanes) is 1. The Balaban J connectivity index is 2.76. The van der Waals surface area contributed by atoms with Crippen LogP contribution in [0.4, 0.5) is 0 Å². The largest absolute Gasteiger partial charge is 0.506 e. The second-order valence-corrected chi connectivity index (χ2v) is 6.87. The molecule has 1 atom stereocenters. The average molecular weight is 392 g/mol. The summed E-state index contributed by atoms with van der Waals surface area (Å²) in [5.74, 6) is -1.20. The summed E-state index contributed by atoms with van der Waals surface area (Å²) in [7, 11) is -4.68. The number of nitrogens with zero attached hydrogens (tertiary/aromatic N) is 1. The molecule has 12 heteroatoms. The topological polar surface area (TPSA) is 187 Å². The summed E-state index contributed by atoms with van der Waals surface area (Å²) in [5, 5.41) is 19.3. The standard InChI is InChI=1S/C14H25N4O7P/c1-9-13(19)11(10(6-16-9)8-25-26(22,23)24)7-17-18-12(14(20)21)4-2-3-5-15/h6,12,17-19H,2-5,7-8,15H2,1H3,(H,20,21)(H2,22,23,24)/t12-/m1/s1. The second kappa shape index (κ2) is 10.5. The van der Waals surface area contributed by atoms with Crippen LogP contribution in [0.1, 0.15) is 36.1 Å². The number of hydrogen-bond acceptors (Lipinski definition) is 8. The van der Waals surface area contributed by atoms with Gasteiger partial charge in [-0.25, -0.2) is 9.99 Å². The van der Waals surface area contributed by atoms with Gasteiger partial charge in [-0.1, -0.05) is 0 Å². The lowest BCUT2D eigenvalue weighted by Crippen LogP contribution is -2.45.